The first-order valence-corrected chi connectivity index (χ1v) is 19.4. The third kappa shape index (κ3) is 4.81. The summed E-state index contributed by atoms with van der Waals surface area (Å²) < 4.78 is 2.70. The third-order valence-corrected chi connectivity index (χ3v) is 13.0. The molecule has 9 aromatic rings. The van der Waals surface area contributed by atoms with Crippen LogP contribution in [0.1, 0.15) is 51.7 Å². The third-order valence-electron chi connectivity index (χ3n) is 11.9. The van der Waals surface area contributed by atoms with Crippen LogP contribution in [0.2, 0.25) is 0 Å². The number of benzene rings is 8. The summed E-state index contributed by atoms with van der Waals surface area (Å²) in [6.07, 6.45) is 2.42. The van der Waals surface area contributed by atoms with Crippen molar-refractivity contribution in [2.24, 2.45) is 0 Å². The summed E-state index contributed by atoms with van der Waals surface area (Å²) in [6.45, 7) is 9.73. The van der Waals surface area contributed by atoms with Crippen molar-refractivity contribution >= 4 is 80.9 Å². The molecule has 2 heteroatoms. The summed E-state index contributed by atoms with van der Waals surface area (Å²) in [6, 6.07) is 56.6. The highest BCUT2D eigenvalue weighted by molar-refractivity contribution is 7.26. The Hall–Kier alpha value is -5.44. The summed E-state index contributed by atoms with van der Waals surface area (Å²) in [5, 5.41) is 10.4. The Morgan fingerprint density at radius 3 is 1.62 bits per heavy atom. The molecular weight excluding hydrogens is 647 g/mol. The number of hydrogen-bond donors (Lipinski definition) is 0. The van der Waals surface area contributed by atoms with Gasteiger partial charge in [0.2, 0.25) is 0 Å². The molecule has 52 heavy (non-hydrogen) atoms. The van der Waals surface area contributed by atoms with Gasteiger partial charge in [-0.05, 0) is 127 Å². The summed E-state index contributed by atoms with van der Waals surface area (Å²) in [4.78, 5) is 2.50. The molecule has 0 saturated carbocycles. The van der Waals surface area contributed by atoms with Crippen molar-refractivity contribution in [1.29, 1.82) is 0 Å². The molecule has 0 atom stereocenters. The van der Waals surface area contributed by atoms with Crippen molar-refractivity contribution in [3.05, 3.63) is 163 Å². The van der Waals surface area contributed by atoms with Crippen LogP contribution in [0, 0.1) is 0 Å². The van der Waals surface area contributed by atoms with Crippen LogP contribution in [-0.2, 0) is 10.8 Å². The van der Waals surface area contributed by atoms with Crippen LogP contribution < -0.4 is 4.90 Å². The fourth-order valence-corrected chi connectivity index (χ4v) is 10.1. The second kappa shape index (κ2) is 11.5. The smallest absolute Gasteiger partial charge is 0.0554 e. The standard InChI is InChI=1S/C50H41NS/c1-49(2)27-28-50(3,4)44-31-47-42(30-43(44)49)48-45(19-12-20-46(48)52-47)51(34-23-21-33(22-24-34)32-13-6-5-7-14-32)35-25-26-40-38-17-9-8-15-36(38)37-16-10-11-18-39(37)41(40)29-35/h5-26,29-31H,27-28H2,1-4H3. The Balaban J connectivity index is 1.25. The van der Waals surface area contributed by atoms with Crippen LogP contribution in [0.4, 0.5) is 17.1 Å². The van der Waals surface area contributed by atoms with Crippen LogP contribution in [0.25, 0.3) is 63.6 Å². The molecule has 0 radical (unpaired) electrons. The predicted molar refractivity (Wildman–Crippen MR) is 227 cm³/mol. The van der Waals surface area contributed by atoms with Crippen molar-refractivity contribution in [2.75, 3.05) is 4.90 Å². The molecule has 0 aliphatic heterocycles. The lowest BCUT2D eigenvalue weighted by Crippen LogP contribution is -2.33. The van der Waals surface area contributed by atoms with E-state index in [-0.39, 0.29) is 10.8 Å². The first-order valence-electron chi connectivity index (χ1n) is 18.6. The minimum Gasteiger partial charge on any atom is -0.310 e. The maximum absolute atomic E-state index is 2.56. The summed E-state index contributed by atoms with van der Waals surface area (Å²) in [5.74, 6) is 0. The van der Waals surface area contributed by atoms with E-state index in [1.54, 1.807) is 0 Å². The van der Waals surface area contributed by atoms with Crippen molar-refractivity contribution in [1.82, 2.24) is 0 Å². The lowest BCUT2D eigenvalue weighted by Gasteiger charge is -2.42. The average molecular weight is 688 g/mol. The Morgan fingerprint density at radius 1 is 0.423 bits per heavy atom. The number of rotatable bonds is 4. The monoisotopic (exact) mass is 687 g/mol. The maximum atomic E-state index is 2.56. The molecule has 0 unspecified atom stereocenters. The molecule has 1 nitrogen and oxygen atoms in total. The van der Waals surface area contributed by atoms with E-state index in [1.165, 1.54) is 93.3 Å². The van der Waals surface area contributed by atoms with Crippen molar-refractivity contribution < 1.29 is 0 Å². The van der Waals surface area contributed by atoms with Gasteiger partial charge in [0.25, 0.3) is 0 Å². The first-order chi connectivity index (χ1) is 25.3. The van der Waals surface area contributed by atoms with Gasteiger partial charge in [-0.25, -0.2) is 0 Å². The van der Waals surface area contributed by atoms with Crippen molar-refractivity contribution in [3.63, 3.8) is 0 Å². The number of nitrogens with zero attached hydrogens (tertiary/aromatic N) is 1. The number of anilines is 3. The van der Waals surface area contributed by atoms with Crippen LogP contribution in [-0.4, -0.2) is 0 Å². The van der Waals surface area contributed by atoms with Crippen molar-refractivity contribution in [3.8, 4) is 11.1 Å². The lowest BCUT2D eigenvalue weighted by atomic mass is 9.63. The number of fused-ring (bicyclic) bond motifs is 10. The molecule has 0 spiro atoms. The highest BCUT2D eigenvalue weighted by atomic mass is 32.1. The molecule has 0 fully saturated rings. The zero-order valence-electron chi connectivity index (χ0n) is 30.2. The van der Waals surface area contributed by atoms with Gasteiger partial charge in [-0.15, -0.1) is 11.3 Å². The van der Waals surface area contributed by atoms with Crippen LogP contribution in [0.5, 0.6) is 0 Å². The van der Waals surface area contributed by atoms with Gasteiger partial charge < -0.3 is 4.90 Å². The normalized spacial score (nSPS) is 15.1. The second-order valence-electron chi connectivity index (χ2n) is 16.0. The second-order valence-corrected chi connectivity index (χ2v) is 17.1. The molecule has 252 valence electrons. The molecular formula is C50H41NS. The first kappa shape index (κ1) is 31.3. The summed E-state index contributed by atoms with van der Waals surface area (Å²) in [5.41, 5.74) is 9.30. The molecule has 8 aromatic carbocycles. The van der Waals surface area contributed by atoms with E-state index in [4.69, 9.17) is 0 Å². The minimum absolute atomic E-state index is 0.136. The fourth-order valence-electron chi connectivity index (χ4n) is 8.95. The topological polar surface area (TPSA) is 3.24 Å². The molecule has 0 N–H and O–H groups in total. The van der Waals surface area contributed by atoms with E-state index in [0.717, 1.165) is 11.4 Å². The fraction of sp³-hybridized carbons (Fsp3) is 0.160. The SMILES string of the molecule is CC1(C)CCC(C)(C)c2cc3c(cc21)sc1cccc(N(c2ccc(-c4ccccc4)cc2)c2ccc4c5ccccc5c5ccccc5c4c2)c13. The van der Waals surface area contributed by atoms with Gasteiger partial charge >= 0.3 is 0 Å². The minimum atomic E-state index is 0.136. The van der Waals surface area contributed by atoms with Crippen LogP contribution in [0.3, 0.4) is 0 Å². The van der Waals surface area contributed by atoms with Gasteiger partial charge in [0, 0.05) is 31.5 Å². The van der Waals surface area contributed by atoms with E-state index in [9.17, 15) is 0 Å². The predicted octanol–water partition coefficient (Wildman–Crippen LogP) is 15.0. The van der Waals surface area contributed by atoms with Crippen LogP contribution in [0.15, 0.2) is 152 Å². The van der Waals surface area contributed by atoms with Gasteiger partial charge in [-0.3, -0.25) is 0 Å². The van der Waals surface area contributed by atoms with Gasteiger partial charge in [0.05, 0.1) is 5.69 Å². The van der Waals surface area contributed by atoms with E-state index < -0.39 is 0 Å². The maximum Gasteiger partial charge on any atom is 0.0554 e. The van der Waals surface area contributed by atoms with E-state index in [0.29, 0.717) is 0 Å². The summed E-state index contributed by atoms with van der Waals surface area (Å²) in [7, 11) is 0. The molecule has 0 bridgehead atoms. The van der Waals surface area contributed by atoms with Gasteiger partial charge in [-0.2, -0.15) is 0 Å². The quantitative estimate of drug-likeness (QED) is 0.167. The molecule has 1 aliphatic rings. The zero-order valence-corrected chi connectivity index (χ0v) is 31.0. The average Bonchev–Trinajstić information content (AvgIpc) is 3.56. The largest absolute Gasteiger partial charge is 0.310 e. The molecule has 1 heterocycles. The molecule has 0 saturated heterocycles. The van der Waals surface area contributed by atoms with Crippen LogP contribution >= 0.6 is 11.3 Å². The Labute approximate surface area is 309 Å². The highest BCUT2D eigenvalue weighted by Gasteiger charge is 2.37. The van der Waals surface area contributed by atoms with Gasteiger partial charge in [0.1, 0.15) is 0 Å². The van der Waals surface area contributed by atoms with Gasteiger partial charge in [0.15, 0.2) is 0 Å². The Morgan fingerprint density at radius 2 is 0.962 bits per heavy atom. The zero-order chi connectivity index (χ0) is 35.2. The summed E-state index contributed by atoms with van der Waals surface area (Å²) >= 11 is 1.94. The lowest BCUT2D eigenvalue weighted by molar-refractivity contribution is 0.332. The molecule has 0 amide bonds. The molecule has 1 aliphatic carbocycles. The van der Waals surface area contributed by atoms with E-state index >= 15 is 0 Å². The Bertz CT molecular complexity index is 2800. The molecule has 1 aromatic heterocycles. The van der Waals surface area contributed by atoms with E-state index in [1.807, 2.05) is 11.3 Å². The number of thiophene rings is 1. The number of hydrogen-bond acceptors (Lipinski definition) is 2. The Kier molecular flexibility index (Phi) is 6.94. The van der Waals surface area contributed by atoms with E-state index in [2.05, 4.69) is 184 Å². The van der Waals surface area contributed by atoms with Gasteiger partial charge in [-0.1, -0.05) is 131 Å². The van der Waals surface area contributed by atoms with Crippen molar-refractivity contribution in [2.45, 2.75) is 51.4 Å². The highest BCUT2D eigenvalue weighted by Crippen LogP contribution is 2.51. The molecule has 10 rings (SSSR count).